The zero-order valence-electron chi connectivity index (χ0n) is 10.3. The van der Waals surface area contributed by atoms with Crippen molar-refractivity contribution in [2.75, 3.05) is 23.3 Å². The molecule has 0 bridgehead atoms. The first-order chi connectivity index (χ1) is 9.27. The predicted octanol–water partition coefficient (Wildman–Crippen LogP) is 2.95. The summed E-state index contributed by atoms with van der Waals surface area (Å²) in [4.78, 5) is 13.4. The molecule has 19 heavy (non-hydrogen) atoms. The molecule has 96 valence electrons. The number of fused-ring (bicyclic) bond motifs is 1. The van der Waals surface area contributed by atoms with Gasteiger partial charge in [-0.05, 0) is 24.3 Å². The predicted molar refractivity (Wildman–Crippen MR) is 75.3 cm³/mol. The molecule has 2 N–H and O–H groups in total. The molecular formula is C15H14N2O2. The Labute approximate surface area is 111 Å². The molecule has 0 aromatic heterocycles. The third kappa shape index (κ3) is 2.01. The van der Waals surface area contributed by atoms with Crippen LogP contribution in [0.1, 0.15) is 10.4 Å². The van der Waals surface area contributed by atoms with Crippen LogP contribution in [0.3, 0.4) is 0 Å². The highest BCUT2D eigenvalue weighted by molar-refractivity contribution is 5.96. The molecule has 0 atom stereocenters. The molecule has 0 unspecified atom stereocenters. The van der Waals surface area contributed by atoms with Gasteiger partial charge in [-0.3, -0.25) is 0 Å². The van der Waals surface area contributed by atoms with E-state index in [-0.39, 0.29) is 0 Å². The van der Waals surface area contributed by atoms with E-state index in [1.165, 1.54) is 0 Å². The fraction of sp³-hybridized carbons (Fsp3) is 0.133. The fourth-order valence-corrected chi connectivity index (χ4v) is 2.42. The number of anilines is 3. The van der Waals surface area contributed by atoms with E-state index in [1.807, 2.05) is 36.4 Å². The van der Waals surface area contributed by atoms with E-state index in [2.05, 4.69) is 10.2 Å². The Kier molecular flexibility index (Phi) is 2.83. The summed E-state index contributed by atoms with van der Waals surface area (Å²) in [5.74, 6) is -0.897. The average Bonchev–Trinajstić information content (AvgIpc) is 2.46. The van der Waals surface area contributed by atoms with Crippen LogP contribution in [0.25, 0.3) is 0 Å². The lowest BCUT2D eigenvalue weighted by atomic mass is 10.1. The molecule has 0 saturated heterocycles. The molecule has 2 aromatic carbocycles. The monoisotopic (exact) mass is 254 g/mol. The highest BCUT2D eigenvalue weighted by atomic mass is 16.4. The first kappa shape index (κ1) is 11.6. The van der Waals surface area contributed by atoms with E-state index < -0.39 is 5.97 Å². The van der Waals surface area contributed by atoms with Crippen LogP contribution in [-0.4, -0.2) is 24.2 Å². The van der Waals surface area contributed by atoms with Gasteiger partial charge < -0.3 is 15.3 Å². The molecule has 1 heterocycles. The Morgan fingerprint density at radius 1 is 1.05 bits per heavy atom. The normalized spacial score (nSPS) is 13.6. The summed E-state index contributed by atoms with van der Waals surface area (Å²) >= 11 is 0. The zero-order chi connectivity index (χ0) is 13.2. The van der Waals surface area contributed by atoms with Crippen LogP contribution in [-0.2, 0) is 0 Å². The molecule has 0 saturated carbocycles. The standard InChI is InChI=1S/C15H14N2O2/c18-15(19)11-5-1-3-7-13(11)17-10-9-16-12-6-2-4-8-14(12)17/h1-8,16H,9-10H2,(H,18,19). The summed E-state index contributed by atoms with van der Waals surface area (Å²) in [6, 6.07) is 15.0. The van der Waals surface area contributed by atoms with Crippen molar-refractivity contribution >= 4 is 23.0 Å². The molecule has 3 rings (SSSR count). The number of nitrogens with zero attached hydrogens (tertiary/aromatic N) is 1. The van der Waals surface area contributed by atoms with Gasteiger partial charge in [0.05, 0.1) is 22.6 Å². The van der Waals surface area contributed by atoms with Crippen molar-refractivity contribution < 1.29 is 9.90 Å². The van der Waals surface area contributed by atoms with Crippen molar-refractivity contribution in [2.24, 2.45) is 0 Å². The number of carboxylic acids is 1. The Morgan fingerprint density at radius 2 is 1.74 bits per heavy atom. The largest absolute Gasteiger partial charge is 0.478 e. The van der Waals surface area contributed by atoms with Crippen LogP contribution < -0.4 is 10.2 Å². The minimum absolute atomic E-state index is 0.333. The lowest BCUT2D eigenvalue weighted by Gasteiger charge is -2.32. The van der Waals surface area contributed by atoms with Gasteiger partial charge in [0.25, 0.3) is 0 Å². The quantitative estimate of drug-likeness (QED) is 0.865. The molecule has 2 aromatic rings. The SMILES string of the molecule is O=C(O)c1ccccc1N1CCNc2ccccc21. The molecule has 4 heteroatoms. The molecule has 4 nitrogen and oxygen atoms in total. The van der Waals surface area contributed by atoms with Crippen LogP contribution in [0.5, 0.6) is 0 Å². The van der Waals surface area contributed by atoms with Gasteiger partial charge in [0.2, 0.25) is 0 Å². The average molecular weight is 254 g/mol. The maximum atomic E-state index is 11.3. The maximum Gasteiger partial charge on any atom is 0.337 e. The van der Waals surface area contributed by atoms with Crippen molar-refractivity contribution in [2.45, 2.75) is 0 Å². The van der Waals surface area contributed by atoms with Gasteiger partial charge in [0.1, 0.15) is 0 Å². The summed E-state index contributed by atoms with van der Waals surface area (Å²) in [6.07, 6.45) is 0. The van der Waals surface area contributed by atoms with E-state index in [0.717, 1.165) is 30.2 Å². The number of aromatic carboxylic acids is 1. The van der Waals surface area contributed by atoms with Crippen LogP contribution in [0, 0.1) is 0 Å². The fourth-order valence-electron chi connectivity index (χ4n) is 2.42. The second-order valence-corrected chi connectivity index (χ2v) is 4.42. The first-order valence-corrected chi connectivity index (χ1v) is 6.20. The minimum Gasteiger partial charge on any atom is -0.478 e. The van der Waals surface area contributed by atoms with Crippen molar-refractivity contribution in [3.63, 3.8) is 0 Å². The Bertz CT molecular complexity index is 625. The highest BCUT2D eigenvalue weighted by Gasteiger charge is 2.21. The molecule has 0 amide bonds. The topological polar surface area (TPSA) is 52.6 Å². The smallest absolute Gasteiger partial charge is 0.337 e. The van der Waals surface area contributed by atoms with Crippen LogP contribution in [0.15, 0.2) is 48.5 Å². The summed E-state index contributed by atoms with van der Waals surface area (Å²) < 4.78 is 0. The van der Waals surface area contributed by atoms with Gasteiger partial charge in [0.15, 0.2) is 0 Å². The van der Waals surface area contributed by atoms with Crippen LogP contribution in [0.4, 0.5) is 17.1 Å². The van der Waals surface area contributed by atoms with Crippen molar-refractivity contribution in [3.05, 3.63) is 54.1 Å². The lowest BCUT2D eigenvalue weighted by Crippen LogP contribution is -2.31. The number of hydrogen-bond acceptors (Lipinski definition) is 3. The van der Waals surface area contributed by atoms with Crippen molar-refractivity contribution in [1.29, 1.82) is 0 Å². The number of carboxylic acid groups (broad SMARTS) is 1. The van der Waals surface area contributed by atoms with E-state index in [0.29, 0.717) is 5.56 Å². The molecule has 1 aliphatic rings. The third-order valence-electron chi connectivity index (χ3n) is 3.27. The molecule has 1 aliphatic heterocycles. The van der Waals surface area contributed by atoms with Crippen molar-refractivity contribution in [3.8, 4) is 0 Å². The van der Waals surface area contributed by atoms with Gasteiger partial charge in [-0.1, -0.05) is 24.3 Å². The summed E-state index contributed by atoms with van der Waals surface area (Å²) in [7, 11) is 0. The maximum absolute atomic E-state index is 11.3. The number of rotatable bonds is 2. The van der Waals surface area contributed by atoms with Crippen LogP contribution >= 0.6 is 0 Å². The molecule has 0 fully saturated rings. The number of benzene rings is 2. The van der Waals surface area contributed by atoms with E-state index in [1.54, 1.807) is 12.1 Å². The Hall–Kier alpha value is -2.49. The van der Waals surface area contributed by atoms with E-state index in [9.17, 15) is 9.90 Å². The van der Waals surface area contributed by atoms with Gasteiger partial charge in [-0.2, -0.15) is 0 Å². The summed E-state index contributed by atoms with van der Waals surface area (Å²) in [5, 5.41) is 12.6. The zero-order valence-corrected chi connectivity index (χ0v) is 10.3. The summed E-state index contributed by atoms with van der Waals surface area (Å²) in [6.45, 7) is 1.55. The second kappa shape index (κ2) is 4.65. The molecular weight excluding hydrogens is 240 g/mol. The molecule has 0 spiro atoms. The second-order valence-electron chi connectivity index (χ2n) is 4.42. The minimum atomic E-state index is -0.897. The highest BCUT2D eigenvalue weighted by Crippen LogP contribution is 2.35. The lowest BCUT2D eigenvalue weighted by molar-refractivity contribution is 0.0697. The van der Waals surface area contributed by atoms with Gasteiger partial charge in [-0.25, -0.2) is 4.79 Å². The van der Waals surface area contributed by atoms with Gasteiger partial charge in [0, 0.05) is 13.1 Å². The van der Waals surface area contributed by atoms with E-state index >= 15 is 0 Å². The van der Waals surface area contributed by atoms with Gasteiger partial charge in [-0.15, -0.1) is 0 Å². The number of nitrogens with one attached hydrogen (secondary N) is 1. The third-order valence-corrected chi connectivity index (χ3v) is 3.27. The Morgan fingerprint density at radius 3 is 2.53 bits per heavy atom. The van der Waals surface area contributed by atoms with Gasteiger partial charge >= 0.3 is 5.97 Å². The van der Waals surface area contributed by atoms with E-state index in [4.69, 9.17) is 0 Å². The first-order valence-electron chi connectivity index (χ1n) is 6.20. The number of hydrogen-bond donors (Lipinski definition) is 2. The summed E-state index contributed by atoms with van der Waals surface area (Å²) in [5.41, 5.74) is 3.12. The van der Waals surface area contributed by atoms with Crippen LogP contribution in [0.2, 0.25) is 0 Å². The Balaban J connectivity index is 2.12. The molecule has 0 radical (unpaired) electrons. The molecule has 0 aliphatic carbocycles. The number of carbonyl (C=O) groups is 1. The van der Waals surface area contributed by atoms with Crippen molar-refractivity contribution in [1.82, 2.24) is 0 Å². The number of para-hydroxylation sites is 3.